The van der Waals surface area contributed by atoms with Crippen LogP contribution in [0.2, 0.25) is 0 Å². The van der Waals surface area contributed by atoms with Crippen molar-refractivity contribution in [3.05, 3.63) is 30.4 Å². The smallest absolute Gasteiger partial charge is 0.242 e. The molecular formula is C12H18N6O2S. The number of aryl methyl sites for hydroxylation is 1. The molecule has 0 saturated carbocycles. The zero-order valence-corrected chi connectivity index (χ0v) is 12.7. The van der Waals surface area contributed by atoms with E-state index in [0.29, 0.717) is 13.0 Å². The molecule has 1 heterocycles. The van der Waals surface area contributed by atoms with Crippen LogP contribution in [0.1, 0.15) is 5.82 Å². The van der Waals surface area contributed by atoms with Crippen LogP contribution in [0.4, 0.5) is 11.4 Å². The van der Waals surface area contributed by atoms with Crippen LogP contribution in [0, 0.1) is 0 Å². The van der Waals surface area contributed by atoms with Gasteiger partial charge in [0.05, 0.1) is 5.69 Å². The molecule has 0 amide bonds. The van der Waals surface area contributed by atoms with E-state index in [1.807, 2.05) is 7.05 Å². The molecule has 2 rings (SSSR count). The molecule has 1 aromatic carbocycles. The summed E-state index contributed by atoms with van der Waals surface area (Å²) in [5, 5.41) is 7.33. The molecule has 2 aromatic rings. The Kier molecular flexibility index (Phi) is 4.43. The maximum atomic E-state index is 11.7. The zero-order chi connectivity index (χ0) is 15.5. The van der Waals surface area contributed by atoms with Crippen molar-refractivity contribution in [3.8, 4) is 0 Å². The highest BCUT2D eigenvalue weighted by Crippen LogP contribution is 2.22. The second-order valence-electron chi connectivity index (χ2n) is 4.47. The normalized spacial score (nSPS) is 11.5. The van der Waals surface area contributed by atoms with Crippen molar-refractivity contribution in [2.45, 2.75) is 11.3 Å². The van der Waals surface area contributed by atoms with E-state index in [2.05, 4.69) is 20.1 Å². The van der Waals surface area contributed by atoms with Gasteiger partial charge in [-0.1, -0.05) is 0 Å². The first-order valence-corrected chi connectivity index (χ1v) is 7.82. The highest BCUT2D eigenvalue weighted by atomic mass is 32.2. The minimum atomic E-state index is -3.53. The SMILES string of the molecule is CNS(=O)(=O)c1ccc(NCCc2ncn(C)n2)cc1N. The largest absolute Gasteiger partial charge is 0.398 e. The maximum Gasteiger partial charge on any atom is 0.242 e. The Morgan fingerprint density at radius 3 is 2.71 bits per heavy atom. The topological polar surface area (TPSA) is 115 Å². The van der Waals surface area contributed by atoms with Crippen molar-refractivity contribution in [2.75, 3.05) is 24.6 Å². The number of hydrogen-bond acceptors (Lipinski definition) is 6. The molecule has 0 radical (unpaired) electrons. The number of hydrogen-bond donors (Lipinski definition) is 3. The number of anilines is 2. The first kappa shape index (κ1) is 15.3. The monoisotopic (exact) mass is 310 g/mol. The quantitative estimate of drug-likeness (QED) is 0.645. The van der Waals surface area contributed by atoms with Gasteiger partial charge in [0.15, 0.2) is 5.82 Å². The fraction of sp³-hybridized carbons (Fsp3) is 0.333. The molecule has 114 valence electrons. The van der Waals surface area contributed by atoms with E-state index in [4.69, 9.17) is 5.73 Å². The first-order valence-electron chi connectivity index (χ1n) is 6.34. The van der Waals surface area contributed by atoms with Gasteiger partial charge in [-0.25, -0.2) is 18.1 Å². The number of sulfonamides is 1. The Hall–Kier alpha value is -2.13. The third kappa shape index (κ3) is 3.70. The molecule has 0 aliphatic rings. The molecule has 8 nitrogen and oxygen atoms in total. The summed E-state index contributed by atoms with van der Waals surface area (Å²) in [5.41, 5.74) is 6.73. The van der Waals surface area contributed by atoms with Gasteiger partial charge < -0.3 is 11.1 Å². The van der Waals surface area contributed by atoms with Crippen molar-refractivity contribution in [1.82, 2.24) is 19.5 Å². The summed E-state index contributed by atoms with van der Waals surface area (Å²) >= 11 is 0. The van der Waals surface area contributed by atoms with E-state index in [0.717, 1.165) is 11.5 Å². The minimum Gasteiger partial charge on any atom is -0.398 e. The van der Waals surface area contributed by atoms with Gasteiger partial charge in [-0.2, -0.15) is 5.10 Å². The van der Waals surface area contributed by atoms with Crippen LogP contribution in [-0.4, -0.2) is 36.8 Å². The zero-order valence-electron chi connectivity index (χ0n) is 11.9. The molecule has 1 aromatic heterocycles. The number of nitrogens with zero attached hydrogens (tertiary/aromatic N) is 3. The van der Waals surface area contributed by atoms with E-state index < -0.39 is 10.0 Å². The lowest BCUT2D eigenvalue weighted by atomic mass is 10.2. The van der Waals surface area contributed by atoms with E-state index in [9.17, 15) is 8.42 Å². The molecule has 21 heavy (non-hydrogen) atoms. The number of nitrogens with two attached hydrogens (primary N) is 1. The third-order valence-electron chi connectivity index (χ3n) is 2.89. The van der Waals surface area contributed by atoms with Crippen LogP contribution in [0.5, 0.6) is 0 Å². The Morgan fingerprint density at radius 2 is 2.14 bits per heavy atom. The minimum absolute atomic E-state index is 0.0712. The second-order valence-corrected chi connectivity index (χ2v) is 6.33. The van der Waals surface area contributed by atoms with Crippen molar-refractivity contribution in [2.24, 2.45) is 7.05 Å². The number of benzene rings is 1. The van der Waals surface area contributed by atoms with Crippen LogP contribution in [0.15, 0.2) is 29.4 Å². The van der Waals surface area contributed by atoms with Crippen LogP contribution >= 0.6 is 0 Å². The van der Waals surface area contributed by atoms with Crippen molar-refractivity contribution in [1.29, 1.82) is 0 Å². The van der Waals surface area contributed by atoms with Gasteiger partial charge in [-0.15, -0.1) is 0 Å². The van der Waals surface area contributed by atoms with E-state index >= 15 is 0 Å². The van der Waals surface area contributed by atoms with Gasteiger partial charge in [0.25, 0.3) is 0 Å². The van der Waals surface area contributed by atoms with Crippen LogP contribution < -0.4 is 15.8 Å². The molecule has 0 aliphatic carbocycles. The van der Waals surface area contributed by atoms with E-state index in [-0.39, 0.29) is 10.6 Å². The average Bonchev–Trinajstić information content (AvgIpc) is 2.84. The van der Waals surface area contributed by atoms with Gasteiger partial charge >= 0.3 is 0 Å². The Morgan fingerprint density at radius 1 is 1.38 bits per heavy atom. The predicted octanol–water partition coefficient (Wildman–Crippen LogP) is -0.0400. The Balaban J connectivity index is 2.00. The molecular weight excluding hydrogens is 292 g/mol. The van der Waals surface area contributed by atoms with Crippen molar-refractivity contribution in [3.63, 3.8) is 0 Å². The molecule has 0 saturated heterocycles. The van der Waals surface area contributed by atoms with Gasteiger partial charge in [-0.3, -0.25) is 4.68 Å². The van der Waals surface area contributed by atoms with E-state index in [1.165, 1.54) is 13.1 Å². The lowest BCUT2D eigenvalue weighted by molar-refractivity contribution is 0.588. The number of nitrogen functional groups attached to an aromatic ring is 1. The highest BCUT2D eigenvalue weighted by Gasteiger charge is 2.15. The molecule has 0 atom stereocenters. The summed E-state index contributed by atoms with van der Waals surface area (Å²) in [6, 6.07) is 4.74. The Labute approximate surface area is 123 Å². The Bertz CT molecular complexity index is 725. The van der Waals surface area contributed by atoms with Gasteiger partial charge in [-0.05, 0) is 25.2 Å². The van der Waals surface area contributed by atoms with Crippen LogP contribution in [-0.2, 0) is 23.5 Å². The van der Waals surface area contributed by atoms with E-state index in [1.54, 1.807) is 23.1 Å². The molecule has 9 heteroatoms. The van der Waals surface area contributed by atoms with Crippen molar-refractivity contribution < 1.29 is 8.42 Å². The molecule has 4 N–H and O–H groups in total. The molecule has 0 fully saturated rings. The third-order valence-corrected chi connectivity index (χ3v) is 4.38. The van der Waals surface area contributed by atoms with Crippen LogP contribution in [0.3, 0.4) is 0 Å². The summed E-state index contributed by atoms with van der Waals surface area (Å²) in [7, 11) is -0.373. The number of aromatic nitrogens is 3. The fourth-order valence-corrected chi connectivity index (χ4v) is 2.67. The summed E-state index contributed by atoms with van der Waals surface area (Å²) in [4.78, 5) is 4.19. The molecule has 0 bridgehead atoms. The van der Waals surface area contributed by atoms with Gasteiger partial charge in [0.2, 0.25) is 10.0 Å². The summed E-state index contributed by atoms with van der Waals surface area (Å²) < 4.78 is 27.3. The first-order chi connectivity index (χ1) is 9.92. The predicted molar refractivity (Wildman–Crippen MR) is 80.3 cm³/mol. The maximum absolute atomic E-state index is 11.7. The lowest BCUT2D eigenvalue weighted by Gasteiger charge is -2.10. The number of nitrogens with one attached hydrogen (secondary N) is 2. The highest BCUT2D eigenvalue weighted by molar-refractivity contribution is 7.89. The molecule has 0 aliphatic heterocycles. The molecule has 0 unspecified atom stereocenters. The second kappa shape index (κ2) is 6.10. The average molecular weight is 310 g/mol. The van der Waals surface area contributed by atoms with Gasteiger partial charge in [0, 0.05) is 25.7 Å². The van der Waals surface area contributed by atoms with Crippen molar-refractivity contribution >= 4 is 21.4 Å². The fourth-order valence-electron chi connectivity index (χ4n) is 1.83. The number of rotatable bonds is 6. The standard InChI is InChI=1S/C12H18N6O2S/c1-14-21(19,20)11-4-3-9(7-10(11)13)15-6-5-12-16-8-18(2)17-12/h3-4,7-8,14-15H,5-6,13H2,1-2H3. The summed E-state index contributed by atoms with van der Waals surface area (Å²) in [6.45, 7) is 0.627. The van der Waals surface area contributed by atoms with Crippen LogP contribution in [0.25, 0.3) is 0 Å². The summed E-state index contributed by atoms with van der Waals surface area (Å²) in [6.07, 6.45) is 2.31. The summed E-state index contributed by atoms with van der Waals surface area (Å²) in [5.74, 6) is 0.743. The van der Waals surface area contributed by atoms with Gasteiger partial charge in [0.1, 0.15) is 11.2 Å². The lowest BCUT2D eigenvalue weighted by Crippen LogP contribution is -2.20. The molecule has 0 spiro atoms.